The minimum absolute atomic E-state index is 0.00730. The third-order valence-corrected chi connectivity index (χ3v) is 6.74. The van der Waals surface area contributed by atoms with Gasteiger partial charge in [-0.3, -0.25) is 9.78 Å². The first-order chi connectivity index (χ1) is 14.8. The van der Waals surface area contributed by atoms with Crippen LogP contribution in [0.15, 0.2) is 42.6 Å². The summed E-state index contributed by atoms with van der Waals surface area (Å²) < 4.78 is 45.3. The summed E-state index contributed by atoms with van der Waals surface area (Å²) in [4.78, 5) is 19.1. The summed E-state index contributed by atoms with van der Waals surface area (Å²) in [6, 6.07) is 8.98. The third kappa shape index (κ3) is 2.94. The van der Waals surface area contributed by atoms with E-state index in [1.165, 1.54) is 25.4 Å². The first-order valence-corrected chi connectivity index (χ1v) is 11.0. The number of nitrogens with zero attached hydrogens (tertiary/aromatic N) is 2. The molecule has 0 unspecified atom stereocenters. The Balaban J connectivity index is 1.73. The highest BCUT2D eigenvalue weighted by Crippen LogP contribution is 2.62. The van der Waals surface area contributed by atoms with Crippen molar-refractivity contribution >= 4 is 27.1 Å². The van der Waals surface area contributed by atoms with Gasteiger partial charge >= 0.3 is 10.3 Å². The van der Waals surface area contributed by atoms with E-state index in [0.29, 0.717) is 29.4 Å². The van der Waals surface area contributed by atoms with Gasteiger partial charge in [0.15, 0.2) is 11.5 Å². The van der Waals surface area contributed by atoms with Crippen LogP contribution in [0.4, 0.5) is 4.39 Å². The molecule has 0 atom stereocenters. The van der Waals surface area contributed by atoms with Gasteiger partial charge in [-0.05, 0) is 42.7 Å². The van der Waals surface area contributed by atoms with E-state index in [1.807, 2.05) is 0 Å². The number of amides is 1. The van der Waals surface area contributed by atoms with Gasteiger partial charge in [-0.15, -0.1) is 0 Å². The summed E-state index contributed by atoms with van der Waals surface area (Å²) in [7, 11) is -2.93. The maximum absolute atomic E-state index is 13.4. The topological polar surface area (TPSA) is 109 Å². The van der Waals surface area contributed by atoms with Crippen LogP contribution in [-0.2, 0) is 22.4 Å². The van der Waals surface area contributed by atoms with Crippen LogP contribution in [-0.4, -0.2) is 36.4 Å². The van der Waals surface area contributed by atoms with Crippen LogP contribution in [0.3, 0.4) is 0 Å². The molecule has 8 nitrogen and oxygen atoms in total. The Hall–Kier alpha value is -3.24. The Labute approximate surface area is 177 Å². The number of fused-ring (bicyclic) bond motifs is 3. The summed E-state index contributed by atoms with van der Waals surface area (Å²) in [6.45, 7) is 0.176. The zero-order chi connectivity index (χ0) is 22.0. The molecule has 31 heavy (non-hydrogen) atoms. The highest BCUT2D eigenvalue weighted by molar-refractivity contribution is 7.85. The number of phenolic OH excluding ortho intramolecular Hbond substituents is 1. The molecule has 0 saturated heterocycles. The Kier molecular flexibility index (Phi) is 4.21. The van der Waals surface area contributed by atoms with Gasteiger partial charge in [-0.25, -0.2) is 4.39 Å². The normalized spacial score (nSPS) is 16.7. The average molecular weight is 443 g/mol. The number of hydrogen-bond acceptors (Lipinski definition) is 6. The number of carbonyl (C=O) groups is 1. The molecule has 5 rings (SSSR count). The molecular weight excluding hydrogens is 425 g/mol. The highest BCUT2D eigenvalue weighted by Gasteiger charge is 2.61. The van der Waals surface area contributed by atoms with Crippen molar-refractivity contribution in [3.63, 3.8) is 0 Å². The monoisotopic (exact) mass is 443 g/mol. The molecule has 1 amide bonds. The molecule has 1 fully saturated rings. The van der Waals surface area contributed by atoms with Gasteiger partial charge in [-0.2, -0.15) is 13.1 Å². The number of hydrogen-bond donors (Lipinski definition) is 2. The number of pyridine rings is 1. The molecule has 1 aliphatic heterocycles. The molecule has 10 heteroatoms. The highest BCUT2D eigenvalue weighted by atomic mass is 32.2. The van der Waals surface area contributed by atoms with Gasteiger partial charge in [0.05, 0.1) is 11.1 Å². The first-order valence-electron chi connectivity index (χ1n) is 9.61. The predicted molar refractivity (Wildman–Crippen MR) is 109 cm³/mol. The zero-order valence-corrected chi connectivity index (χ0v) is 17.2. The van der Waals surface area contributed by atoms with Crippen LogP contribution < -0.4 is 8.91 Å². The lowest BCUT2D eigenvalue weighted by atomic mass is 9.97. The molecular formula is C21H18FN3O5S. The Bertz CT molecular complexity index is 1340. The maximum atomic E-state index is 13.4. The maximum Gasteiger partial charge on any atom is 0.382 e. The lowest BCUT2D eigenvalue weighted by Gasteiger charge is -2.26. The summed E-state index contributed by atoms with van der Waals surface area (Å²) in [5.74, 6) is -1.16. The lowest BCUT2D eigenvalue weighted by Crippen LogP contribution is -2.33. The quantitative estimate of drug-likeness (QED) is 0.627. The van der Waals surface area contributed by atoms with Gasteiger partial charge in [0.2, 0.25) is 0 Å². The van der Waals surface area contributed by atoms with Crippen molar-refractivity contribution in [3.05, 3.63) is 65.1 Å². The molecule has 2 N–H and O–H groups in total. The van der Waals surface area contributed by atoms with Gasteiger partial charge in [0.25, 0.3) is 5.91 Å². The Morgan fingerprint density at radius 2 is 1.97 bits per heavy atom. The van der Waals surface area contributed by atoms with E-state index in [2.05, 4.69) is 9.71 Å². The van der Waals surface area contributed by atoms with Crippen LogP contribution in [0.25, 0.3) is 10.9 Å². The van der Waals surface area contributed by atoms with Crippen molar-refractivity contribution in [2.45, 2.75) is 24.9 Å². The molecule has 1 aliphatic carbocycles. The Morgan fingerprint density at radius 3 is 2.61 bits per heavy atom. The number of carbonyl (C=O) groups excluding carboxylic acids is 1. The number of halogens is 1. The average Bonchev–Trinajstić information content (AvgIpc) is 3.51. The fourth-order valence-corrected chi connectivity index (χ4v) is 4.73. The summed E-state index contributed by atoms with van der Waals surface area (Å²) >= 11 is 0. The third-order valence-electron chi connectivity index (χ3n) is 5.85. The molecule has 1 aromatic heterocycles. The number of benzene rings is 2. The molecule has 160 valence electrons. The van der Waals surface area contributed by atoms with Crippen LogP contribution >= 0.6 is 0 Å². The van der Waals surface area contributed by atoms with E-state index in [0.717, 1.165) is 0 Å². The minimum atomic E-state index is -4.15. The van der Waals surface area contributed by atoms with E-state index < -0.39 is 21.8 Å². The molecule has 2 aromatic carbocycles. The molecule has 1 saturated carbocycles. The standard InChI is InChI=1S/C21H18FN3O5S/c1-23-31(28,29)30-19-14-3-2-10-24-17(14)18(26)15-16(19)21(8-9-21)25(20(15)27)11-12-4-6-13(22)7-5-12/h2-7,10,23,26H,8-9,11H2,1H3. The van der Waals surface area contributed by atoms with E-state index in [4.69, 9.17) is 4.18 Å². The van der Waals surface area contributed by atoms with E-state index >= 15 is 0 Å². The van der Waals surface area contributed by atoms with Crippen molar-refractivity contribution in [2.75, 3.05) is 7.05 Å². The first kappa shape index (κ1) is 19.7. The van der Waals surface area contributed by atoms with Crippen LogP contribution in [0.1, 0.15) is 34.3 Å². The van der Waals surface area contributed by atoms with Gasteiger partial charge < -0.3 is 14.2 Å². The largest absolute Gasteiger partial charge is 0.505 e. The fourth-order valence-electron chi connectivity index (χ4n) is 4.25. The van der Waals surface area contributed by atoms with Crippen LogP contribution in [0.2, 0.25) is 0 Å². The van der Waals surface area contributed by atoms with Crippen molar-refractivity contribution in [1.29, 1.82) is 0 Å². The van der Waals surface area contributed by atoms with E-state index in [-0.39, 0.29) is 34.9 Å². The molecule has 1 spiro atoms. The number of nitrogens with one attached hydrogen (secondary N) is 1. The lowest BCUT2D eigenvalue weighted by molar-refractivity contribution is 0.0681. The second-order valence-electron chi connectivity index (χ2n) is 7.62. The Morgan fingerprint density at radius 1 is 1.26 bits per heavy atom. The van der Waals surface area contributed by atoms with Crippen molar-refractivity contribution < 1.29 is 26.9 Å². The van der Waals surface area contributed by atoms with Crippen molar-refractivity contribution in [1.82, 2.24) is 14.6 Å². The van der Waals surface area contributed by atoms with Gasteiger partial charge in [-0.1, -0.05) is 12.1 Å². The van der Waals surface area contributed by atoms with Crippen molar-refractivity contribution in [2.24, 2.45) is 0 Å². The summed E-state index contributed by atoms with van der Waals surface area (Å²) in [5, 5.41) is 11.2. The minimum Gasteiger partial charge on any atom is -0.505 e. The van der Waals surface area contributed by atoms with Gasteiger partial charge in [0.1, 0.15) is 11.3 Å². The number of aromatic hydroxyl groups is 1. The second kappa shape index (κ2) is 6.63. The number of phenols is 1. The van der Waals surface area contributed by atoms with Crippen LogP contribution in [0.5, 0.6) is 11.5 Å². The number of rotatable bonds is 5. The molecule has 0 radical (unpaired) electrons. The van der Waals surface area contributed by atoms with Crippen LogP contribution in [0, 0.1) is 5.82 Å². The smallest absolute Gasteiger partial charge is 0.382 e. The van der Waals surface area contributed by atoms with E-state index in [9.17, 15) is 22.7 Å². The SMILES string of the molecule is CNS(=O)(=O)Oc1c2c(c(O)c3ncccc13)C(=O)N(Cc1ccc(F)cc1)C21CC1. The second-order valence-corrected chi connectivity index (χ2v) is 9.10. The summed E-state index contributed by atoms with van der Waals surface area (Å²) in [5.41, 5.74) is 0.321. The van der Waals surface area contributed by atoms with Crippen molar-refractivity contribution in [3.8, 4) is 11.5 Å². The molecule has 3 aromatic rings. The summed E-state index contributed by atoms with van der Waals surface area (Å²) in [6.07, 6.45) is 2.59. The fraction of sp³-hybridized carbons (Fsp3) is 0.238. The molecule has 0 bridgehead atoms. The van der Waals surface area contributed by atoms with E-state index in [1.54, 1.807) is 29.2 Å². The number of aromatic nitrogens is 1. The molecule has 2 aliphatic rings. The predicted octanol–water partition coefficient (Wildman–Crippen LogP) is 2.57. The zero-order valence-electron chi connectivity index (χ0n) is 16.4. The molecule has 2 heterocycles. The van der Waals surface area contributed by atoms with Gasteiger partial charge in [0, 0.05) is 30.7 Å².